The number of morpholine rings is 1. The zero-order valence-electron chi connectivity index (χ0n) is 15.2. The van der Waals surface area contributed by atoms with Crippen molar-refractivity contribution in [2.24, 2.45) is 7.05 Å². The Hall–Kier alpha value is -1.83. The molecular formula is C19H26N4O2S. The summed E-state index contributed by atoms with van der Waals surface area (Å²) in [6.45, 7) is 5.31. The Morgan fingerprint density at radius 1 is 1.35 bits per heavy atom. The fraction of sp³-hybridized carbons (Fsp3) is 0.474. The molecule has 26 heavy (non-hydrogen) atoms. The number of nitrogens with one attached hydrogen (secondary N) is 1. The lowest BCUT2D eigenvalue weighted by Gasteiger charge is -2.26. The van der Waals surface area contributed by atoms with E-state index < -0.39 is 0 Å². The van der Waals surface area contributed by atoms with Crippen LogP contribution in [0.5, 0.6) is 0 Å². The Kier molecular flexibility index (Phi) is 7.11. The molecule has 1 aliphatic heterocycles. The number of aryl methyl sites for hydroxylation is 1. The first-order chi connectivity index (χ1) is 12.7. The van der Waals surface area contributed by atoms with Crippen LogP contribution in [0.3, 0.4) is 0 Å². The Balaban J connectivity index is 1.43. The first-order valence-corrected chi connectivity index (χ1v) is 9.98. The third-order valence-electron chi connectivity index (χ3n) is 4.37. The summed E-state index contributed by atoms with van der Waals surface area (Å²) >= 11 is 1.67. The molecule has 0 atom stereocenters. The number of carbonyl (C=O) groups excluding carboxylic acids is 1. The average molecular weight is 375 g/mol. The first-order valence-electron chi connectivity index (χ1n) is 9.00. The lowest BCUT2D eigenvalue weighted by atomic mass is 10.1. The summed E-state index contributed by atoms with van der Waals surface area (Å²) in [5, 5.41) is 4.00. The minimum absolute atomic E-state index is 0.00387. The third kappa shape index (κ3) is 5.59. The molecule has 3 rings (SSSR count). The van der Waals surface area contributed by atoms with Crippen LogP contribution in [0.1, 0.15) is 22.3 Å². The second kappa shape index (κ2) is 9.75. The van der Waals surface area contributed by atoms with E-state index in [2.05, 4.69) is 15.2 Å². The fourth-order valence-electron chi connectivity index (χ4n) is 2.87. The number of hydrogen-bond acceptors (Lipinski definition) is 5. The molecule has 1 aliphatic rings. The number of rotatable bonds is 8. The molecule has 1 saturated heterocycles. The van der Waals surface area contributed by atoms with Crippen LogP contribution in [0.15, 0.2) is 41.8 Å². The quantitative estimate of drug-likeness (QED) is 0.567. The highest BCUT2D eigenvalue weighted by atomic mass is 32.2. The summed E-state index contributed by atoms with van der Waals surface area (Å²) in [5.74, 6) is 0.791. The number of benzene rings is 1. The van der Waals surface area contributed by atoms with Gasteiger partial charge in [-0.3, -0.25) is 9.69 Å². The smallest absolute Gasteiger partial charge is 0.251 e. The zero-order chi connectivity index (χ0) is 18.2. The van der Waals surface area contributed by atoms with Crippen molar-refractivity contribution in [2.45, 2.75) is 17.3 Å². The van der Waals surface area contributed by atoms with E-state index in [1.54, 1.807) is 18.0 Å². The van der Waals surface area contributed by atoms with Gasteiger partial charge in [0.2, 0.25) is 0 Å². The largest absolute Gasteiger partial charge is 0.379 e. The number of hydrogen-bond donors (Lipinski definition) is 1. The van der Waals surface area contributed by atoms with E-state index in [-0.39, 0.29) is 5.91 Å². The van der Waals surface area contributed by atoms with Gasteiger partial charge in [-0.05, 0) is 30.7 Å². The van der Waals surface area contributed by atoms with Gasteiger partial charge >= 0.3 is 0 Å². The molecule has 0 bridgehead atoms. The minimum atomic E-state index is -0.00387. The second-order valence-corrected chi connectivity index (χ2v) is 7.32. The van der Waals surface area contributed by atoms with Crippen molar-refractivity contribution in [3.63, 3.8) is 0 Å². The van der Waals surface area contributed by atoms with Gasteiger partial charge in [-0.25, -0.2) is 4.98 Å². The molecule has 140 valence electrons. The Morgan fingerprint density at radius 3 is 2.96 bits per heavy atom. The molecule has 1 fully saturated rings. The van der Waals surface area contributed by atoms with Crippen molar-refractivity contribution in [3.05, 3.63) is 47.8 Å². The van der Waals surface area contributed by atoms with Gasteiger partial charge in [-0.1, -0.05) is 23.9 Å². The molecule has 0 radical (unpaired) electrons. The van der Waals surface area contributed by atoms with Gasteiger partial charge in [0, 0.05) is 50.4 Å². The van der Waals surface area contributed by atoms with Crippen LogP contribution >= 0.6 is 11.8 Å². The summed E-state index contributed by atoms with van der Waals surface area (Å²) in [5.41, 5.74) is 1.84. The summed E-state index contributed by atoms with van der Waals surface area (Å²) in [6, 6.07) is 7.82. The van der Waals surface area contributed by atoms with Crippen molar-refractivity contribution >= 4 is 17.7 Å². The molecule has 0 aliphatic carbocycles. The summed E-state index contributed by atoms with van der Waals surface area (Å²) in [7, 11) is 1.98. The normalized spacial score (nSPS) is 15.1. The maximum absolute atomic E-state index is 12.4. The van der Waals surface area contributed by atoms with E-state index in [1.165, 1.54) is 0 Å². The average Bonchev–Trinajstić information content (AvgIpc) is 3.09. The number of aromatic nitrogens is 2. The Bertz CT molecular complexity index is 713. The molecule has 1 aromatic carbocycles. The van der Waals surface area contributed by atoms with Gasteiger partial charge in [0.05, 0.1) is 13.2 Å². The van der Waals surface area contributed by atoms with Gasteiger partial charge in [0.15, 0.2) is 5.16 Å². The van der Waals surface area contributed by atoms with Crippen molar-refractivity contribution in [1.29, 1.82) is 0 Å². The standard InChI is InChI=1S/C19H26N4O2S/c1-22-9-7-21-19(22)26-15-16-4-2-5-17(14-16)18(24)20-6-3-8-23-10-12-25-13-11-23/h2,4-5,7,9,14H,3,6,8,10-13,15H2,1H3,(H,20,24). The number of thioether (sulfide) groups is 1. The predicted octanol–water partition coefficient (Wildman–Crippen LogP) is 2.16. The lowest BCUT2D eigenvalue weighted by molar-refractivity contribution is 0.0374. The van der Waals surface area contributed by atoms with E-state index in [4.69, 9.17) is 4.74 Å². The molecule has 2 heterocycles. The number of carbonyl (C=O) groups is 1. The molecule has 1 N–H and O–H groups in total. The van der Waals surface area contributed by atoms with Crippen LogP contribution in [0, 0.1) is 0 Å². The maximum Gasteiger partial charge on any atom is 0.251 e. The highest BCUT2D eigenvalue weighted by Gasteiger charge is 2.10. The van der Waals surface area contributed by atoms with Crippen molar-refractivity contribution < 1.29 is 9.53 Å². The van der Waals surface area contributed by atoms with Crippen LogP contribution in [0.2, 0.25) is 0 Å². The van der Waals surface area contributed by atoms with E-state index in [1.807, 2.05) is 42.1 Å². The molecule has 0 spiro atoms. The molecule has 0 saturated carbocycles. The predicted molar refractivity (Wildman–Crippen MR) is 103 cm³/mol. The van der Waals surface area contributed by atoms with Crippen LogP contribution < -0.4 is 5.32 Å². The molecule has 0 unspecified atom stereocenters. The van der Waals surface area contributed by atoms with E-state index in [9.17, 15) is 4.79 Å². The zero-order valence-corrected chi connectivity index (χ0v) is 16.0. The van der Waals surface area contributed by atoms with E-state index in [0.29, 0.717) is 12.1 Å². The molecule has 7 heteroatoms. The Morgan fingerprint density at radius 2 is 2.19 bits per heavy atom. The third-order valence-corrected chi connectivity index (χ3v) is 5.50. The molecule has 1 amide bonds. The van der Waals surface area contributed by atoms with Crippen molar-refractivity contribution in [3.8, 4) is 0 Å². The van der Waals surface area contributed by atoms with Crippen LogP contribution in [0.25, 0.3) is 0 Å². The topological polar surface area (TPSA) is 59.4 Å². The minimum Gasteiger partial charge on any atom is -0.379 e. The van der Waals surface area contributed by atoms with Crippen LogP contribution in [0.4, 0.5) is 0 Å². The summed E-state index contributed by atoms with van der Waals surface area (Å²) in [6.07, 6.45) is 4.69. The van der Waals surface area contributed by atoms with Gasteiger partial charge in [-0.2, -0.15) is 0 Å². The highest BCUT2D eigenvalue weighted by Crippen LogP contribution is 2.21. The number of amides is 1. The van der Waals surface area contributed by atoms with Gasteiger partial charge < -0.3 is 14.6 Å². The van der Waals surface area contributed by atoms with Crippen molar-refractivity contribution in [1.82, 2.24) is 19.8 Å². The number of imidazole rings is 1. The van der Waals surface area contributed by atoms with Crippen LogP contribution in [-0.2, 0) is 17.5 Å². The molecule has 6 nitrogen and oxygen atoms in total. The monoisotopic (exact) mass is 374 g/mol. The number of ether oxygens (including phenoxy) is 1. The van der Waals surface area contributed by atoms with Gasteiger partial charge in [0.1, 0.15) is 0 Å². The summed E-state index contributed by atoms with van der Waals surface area (Å²) < 4.78 is 7.34. The van der Waals surface area contributed by atoms with Gasteiger partial charge in [-0.15, -0.1) is 0 Å². The maximum atomic E-state index is 12.4. The summed E-state index contributed by atoms with van der Waals surface area (Å²) in [4.78, 5) is 19.1. The van der Waals surface area contributed by atoms with E-state index >= 15 is 0 Å². The highest BCUT2D eigenvalue weighted by molar-refractivity contribution is 7.98. The SMILES string of the molecule is Cn1ccnc1SCc1cccc(C(=O)NCCCN2CCOCC2)c1. The number of nitrogens with zero attached hydrogens (tertiary/aromatic N) is 3. The van der Waals surface area contributed by atoms with Crippen LogP contribution in [-0.4, -0.2) is 59.8 Å². The Labute approximate surface area is 158 Å². The van der Waals surface area contributed by atoms with Crippen molar-refractivity contribution in [2.75, 3.05) is 39.4 Å². The molecular weight excluding hydrogens is 348 g/mol. The fourth-order valence-corrected chi connectivity index (χ4v) is 3.75. The van der Waals surface area contributed by atoms with E-state index in [0.717, 1.165) is 55.7 Å². The first kappa shape index (κ1) is 18.9. The molecule has 2 aromatic rings. The van der Waals surface area contributed by atoms with Gasteiger partial charge in [0.25, 0.3) is 5.91 Å². The second-order valence-electron chi connectivity index (χ2n) is 6.37. The molecule has 1 aromatic heterocycles. The lowest BCUT2D eigenvalue weighted by Crippen LogP contribution is -2.38.